The zero-order chi connectivity index (χ0) is 13.8. The van der Waals surface area contributed by atoms with Gasteiger partial charge in [0.1, 0.15) is 0 Å². The third-order valence-electron chi connectivity index (χ3n) is 3.22. The highest BCUT2D eigenvalue weighted by atomic mass is 16.6. The van der Waals surface area contributed by atoms with Crippen LogP contribution in [0.15, 0.2) is 42.6 Å². The van der Waals surface area contributed by atoms with E-state index in [0.29, 0.717) is 0 Å². The lowest BCUT2D eigenvalue weighted by molar-refractivity contribution is -0.694. The lowest BCUT2D eigenvalue weighted by Gasteiger charge is -2.03. The first kappa shape index (κ1) is 13.2. The fourth-order valence-corrected chi connectivity index (χ4v) is 1.97. The summed E-state index contributed by atoms with van der Waals surface area (Å²) in [5.74, 6) is 0. The molecule has 98 valence electrons. The Labute approximate surface area is 112 Å². The molecule has 1 aromatic heterocycles. The lowest BCUT2D eigenvalue weighted by atomic mass is 10.1. The molecule has 1 heterocycles. The molecule has 0 aliphatic rings. The molecule has 19 heavy (non-hydrogen) atoms. The van der Waals surface area contributed by atoms with Gasteiger partial charge < -0.3 is 0 Å². The second kappa shape index (κ2) is 5.61. The Hall–Kier alpha value is -2.23. The van der Waals surface area contributed by atoms with Crippen molar-refractivity contribution in [3.05, 3.63) is 69.5 Å². The van der Waals surface area contributed by atoms with Crippen LogP contribution in [-0.2, 0) is 13.0 Å². The van der Waals surface area contributed by atoms with E-state index in [1.54, 1.807) is 12.1 Å². The number of nitrogens with zero attached hydrogens (tertiary/aromatic N) is 2. The Bertz CT molecular complexity index is 592. The van der Waals surface area contributed by atoms with Crippen molar-refractivity contribution in [2.75, 3.05) is 0 Å². The van der Waals surface area contributed by atoms with Crippen molar-refractivity contribution in [2.45, 2.75) is 26.8 Å². The summed E-state index contributed by atoms with van der Waals surface area (Å²) in [4.78, 5) is 10.2. The van der Waals surface area contributed by atoms with Gasteiger partial charge in [-0.2, -0.15) is 4.57 Å². The van der Waals surface area contributed by atoms with Gasteiger partial charge in [0.05, 0.1) is 4.92 Å². The van der Waals surface area contributed by atoms with Crippen molar-refractivity contribution >= 4 is 5.69 Å². The molecule has 0 saturated carbocycles. The summed E-state index contributed by atoms with van der Waals surface area (Å²) >= 11 is 0. The van der Waals surface area contributed by atoms with Gasteiger partial charge in [-0.1, -0.05) is 6.92 Å². The Morgan fingerprint density at radius 1 is 1.11 bits per heavy atom. The van der Waals surface area contributed by atoms with Crippen LogP contribution in [0.3, 0.4) is 0 Å². The SMILES string of the molecule is CCc1ccc(C)[n+](Cc2ccc([N+](=O)[O-])cc2)c1. The fraction of sp³-hybridized carbons (Fsp3) is 0.267. The standard InChI is InChI=1S/C15H17N2O2/c1-3-13-5-4-12(2)16(10-13)11-14-6-8-15(9-7-14)17(18)19/h4-10H,3,11H2,1-2H3/q+1. The first-order valence-corrected chi connectivity index (χ1v) is 6.32. The Morgan fingerprint density at radius 2 is 1.74 bits per heavy atom. The quantitative estimate of drug-likeness (QED) is 0.480. The lowest BCUT2D eigenvalue weighted by Crippen LogP contribution is -2.37. The van der Waals surface area contributed by atoms with E-state index in [1.165, 1.54) is 11.3 Å². The van der Waals surface area contributed by atoms with Crippen molar-refractivity contribution < 1.29 is 9.49 Å². The maximum Gasteiger partial charge on any atom is 0.269 e. The molecule has 0 unspecified atom stereocenters. The molecule has 0 radical (unpaired) electrons. The summed E-state index contributed by atoms with van der Waals surface area (Å²) in [7, 11) is 0. The topological polar surface area (TPSA) is 47.0 Å². The highest BCUT2D eigenvalue weighted by Gasteiger charge is 2.10. The molecule has 0 atom stereocenters. The molecule has 2 rings (SSSR count). The highest BCUT2D eigenvalue weighted by Crippen LogP contribution is 2.12. The van der Waals surface area contributed by atoms with E-state index < -0.39 is 0 Å². The fourth-order valence-electron chi connectivity index (χ4n) is 1.97. The van der Waals surface area contributed by atoms with Crippen LogP contribution >= 0.6 is 0 Å². The average Bonchev–Trinajstić information content (AvgIpc) is 2.42. The van der Waals surface area contributed by atoms with Crippen LogP contribution < -0.4 is 4.57 Å². The predicted octanol–water partition coefficient (Wildman–Crippen LogP) is 2.80. The summed E-state index contributed by atoms with van der Waals surface area (Å²) in [5.41, 5.74) is 3.66. The van der Waals surface area contributed by atoms with Crippen molar-refractivity contribution in [2.24, 2.45) is 0 Å². The largest absolute Gasteiger partial charge is 0.269 e. The van der Waals surface area contributed by atoms with E-state index in [-0.39, 0.29) is 10.6 Å². The van der Waals surface area contributed by atoms with Gasteiger partial charge in [-0.25, -0.2) is 0 Å². The van der Waals surface area contributed by atoms with Crippen molar-refractivity contribution in [3.63, 3.8) is 0 Å². The zero-order valence-corrected chi connectivity index (χ0v) is 11.2. The molecule has 0 aliphatic carbocycles. The summed E-state index contributed by atoms with van der Waals surface area (Å²) in [6, 6.07) is 10.9. The van der Waals surface area contributed by atoms with E-state index in [1.807, 2.05) is 12.1 Å². The molecule has 1 aromatic carbocycles. The number of nitro benzene ring substituents is 1. The van der Waals surface area contributed by atoms with Crippen LogP contribution in [-0.4, -0.2) is 4.92 Å². The molecule has 0 spiro atoms. The minimum Gasteiger partial charge on any atom is -0.258 e. The van der Waals surface area contributed by atoms with Crippen LogP contribution in [0.5, 0.6) is 0 Å². The molecular weight excluding hydrogens is 240 g/mol. The molecule has 2 aromatic rings. The van der Waals surface area contributed by atoms with E-state index in [4.69, 9.17) is 0 Å². The second-order valence-electron chi connectivity index (χ2n) is 4.58. The number of nitro groups is 1. The van der Waals surface area contributed by atoms with E-state index in [0.717, 1.165) is 18.5 Å². The molecule has 0 N–H and O–H groups in total. The number of benzene rings is 1. The number of hydrogen-bond acceptors (Lipinski definition) is 2. The molecule has 0 amide bonds. The molecule has 0 saturated heterocycles. The number of non-ortho nitro benzene ring substituents is 1. The summed E-state index contributed by atoms with van der Waals surface area (Å²) in [6.07, 6.45) is 3.14. The number of hydrogen-bond donors (Lipinski definition) is 0. The number of pyridine rings is 1. The summed E-state index contributed by atoms with van der Waals surface area (Å²) < 4.78 is 2.17. The van der Waals surface area contributed by atoms with Crippen molar-refractivity contribution in [1.82, 2.24) is 0 Å². The van der Waals surface area contributed by atoms with Gasteiger partial charge in [0, 0.05) is 36.2 Å². The van der Waals surface area contributed by atoms with Gasteiger partial charge in [-0.05, 0) is 24.6 Å². The molecule has 4 heteroatoms. The van der Waals surface area contributed by atoms with Crippen LogP contribution in [0, 0.1) is 17.0 Å². The first-order valence-electron chi connectivity index (χ1n) is 6.32. The van der Waals surface area contributed by atoms with Gasteiger partial charge in [-0.3, -0.25) is 10.1 Å². The monoisotopic (exact) mass is 257 g/mol. The molecule has 0 fully saturated rings. The Kier molecular flexibility index (Phi) is 3.90. The number of rotatable bonds is 4. The Morgan fingerprint density at radius 3 is 2.32 bits per heavy atom. The smallest absolute Gasteiger partial charge is 0.258 e. The van der Waals surface area contributed by atoms with Crippen LogP contribution in [0.25, 0.3) is 0 Å². The van der Waals surface area contributed by atoms with Gasteiger partial charge in [0.15, 0.2) is 18.4 Å². The molecule has 0 aliphatic heterocycles. The molecular formula is C15H17N2O2+. The van der Waals surface area contributed by atoms with Crippen LogP contribution in [0.2, 0.25) is 0 Å². The van der Waals surface area contributed by atoms with Crippen LogP contribution in [0.4, 0.5) is 5.69 Å². The maximum absolute atomic E-state index is 10.6. The van der Waals surface area contributed by atoms with Gasteiger partial charge in [0.25, 0.3) is 5.69 Å². The van der Waals surface area contributed by atoms with Gasteiger partial charge >= 0.3 is 0 Å². The third kappa shape index (κ3) is 3.16. The van der Waals surface area contributed by atoms with Gasteiger partial charge in [0.2, 0.25) is 0 Å². The number of aryl methyl sites for hydroxylation is 2. The number of aromatic nitrogens is 1. The maximum atomic E-state index is 10.6. The second-order valence-corrected chi connectivity index (χ2v) is 4.58. The predicted molar refractivity (Wildman–Crippen MR) is 73.0 cm³/mol. The average molecular weight is 257 g/mol. The summed E-state index contributed by atoms with van der Waals surface area (Å²) in [5, 5.41) is 10.6. The summed E-state index contributed by atoms with van der Waals surface area (Å²) in [6.45, 7) is 4.92. The van der Waals surface area contributed by atoms with Crippen molar-refractivity contribution in [1.29, 1.82) is 0 Å². The zero-order valence-electron chi connectivity index (χ0n) is 11.2. The van der Waals surface area contributed by atoms with E-state index in [9.17, 15) is 10.1 Å². The van der Waals surface area contributed by atoms with Crippen LogP contribution in [0.1, 0.15) is 23.7 Å². The van der Waals surface area contributed by atoms with E-state index in [2.05, 4.69) is 36.7 Å². The van der Waals surface area contributed by atoms with Crippen molar-refractivity contribution in [3.8, 4) is 0 Å². The first-order chi connectivity index (χ1) is 9.10. The molecule has 0 bridgehead atoms. The van der Waals surface area contributed by atoms with E-state index >= 15 is 0 Å². The Balaban J connectivity index is 2.23. The normalized spacial score (nSPS) is 10.4. The third-order valence-corrected chi connectivity index (χ3v) is 3.22. The minimum absolute atomic E-state index is 0.132. The minimum atomic E-state index is -0.375. The van der Waals surface area contributed by atoms with Gasteiger partial charge in [-0.15, -0.1) is 0 Å². The highest BCUT2D eigenvalue weighted by molar-refractivity contribution is 5.32. The molecule has 4 nitrogen and oxygen atoms in total.